The summed E-state index contributed by atoms with van der Waals surface area (Å²) in [6, 6.07) is 0. The van der Waals surface area contributed by atoms with E-state index in [4.69, 9.17) is 32.7 Å². The van der Waals surface area contributed by atoms with E-state index >= 15 is 0 Å². The number of allylic oxidation sites excluding steroid dienone is 1. The number of aliphatic hydroxyl groups is 1. The zero-order chi connectivity index (χ0) is 17.7. The van der Waals surface area contributed by atoms with E-state index in [1.807, 2.05) is 6.92 Å². The molecule has 0 aromatic heterocycles. The maximum atomic E-state index is 12.4. The largest absolute Gasteiger partial charge is 0.511 e. The number of aliphatic hydroxyl groups excluding tert-OH is 1. The third-order valence-electron chi connectivity index (χ3n) is 3.79. The van der Waals surface area contributed by atoms with Gasteiger partial charge in [-0.3, -0.25) is 9.59 Å². The maximum absolute atomic E-state index is 12.4. The molecule has 0 aromatic carbocycles. The molecule has 23 heavy (non-hydrogen) atoms. The first-order valence-corrected chi connectivity index (χ1v) is 8.12. The van der Waals surface area contributed by atoms with E-state index in [0.29, 0.717) is 6.42 Å². The molecule has 0 bridgehead atoms. The number of aliphatic imine (C=N–C) groups is 1. The minimum Gasteiger partial charge on any atom is -0.511 e. The van der Waals surface area contributed by atoms with Crippen molar-refractivity contribution in [3.05, 3.63) is 11.3 Å². The Kier molecular flexibility index (Phi) is 7.51. The lowest BCUT2D eigenvalue weighted by Crippen LogP contribution is -2.41. The lowest BCUT2D eigenvalue weighted by molar-refractivity contribution is -0.127. The predicted molar refractivity (Wildman–Crippen MR) is 88.2 cm³/mol. The number of halogens is 2. The topological polar surface area (TPSA) is 85.2 Å². The molecule has 0 saturated heterocycles. The first-order valence-electron chi connectivity index (χ1n) is 7.15. The highest BCUT2D eigenvalue weighted by Gasteiger charge is 2.40. The molecule has 130 valence electrons. The van der Waals surface area contributed by atoms with Crippen molar-refractivity contribution in [3.8, 4) is 0 Å². The summed E-state index contributed by atoms with van der Waals surface area (Å²) in [6.07, 6.45) is -0.668. The molecule has 1 aliphatic rings. The lowest BCUT2D eigenvalue weighted by Gasteiger charge is -2.24. The standard InChI is InChI=1S/C15H21Cl2NO5/c1-7(9(17)6-16)5-8(2)11(19)10-12(20)13(22-3)15(23-4)18-14(10)21/h7-9,13,19H,5-6H2,1-4H3/b11-10-. The number of ether oxygens (including phenoxy) is 2. The van der Waals surface area contributed by atoms with Crippen LogP contribution < -0.4 is 0 Å². The summed E-state index contributed by atoms with van der Waals surface area (Å²) >= 11 is 11.8. The van der Waals surface area contributed by atoms with Crippen molar-refractivity contribution in [2.24, 2.45) is 16.8 Å². The second-order valence-corrected chi connectivity index (χ2v) is 6.35. The average molecular weight is 366 g/mol. The number of nitrogens with zero attached hydrogens (tertiary/aromatic N) is 1. The quantitative estimate of drug-likeness (QED) is 0.338. The van der Waals surface area contributed by atoms with Gasteiger partial charge in [0, 0.05) is 24.3 Å². The molecule has 8 heteroatoms. The highest BCUT2D eigenvalue weighted by Crippen LogP contribution is 2.28. The summed E-state index contributed by atoms with van der Waals surface area (Å²) in [7, 11) is 2.59. The second kappa shape index (κ2) is 8.66. The summed E-state index contributed by atoms with van der Waals surface area (Å²) in [5.41, 5.74) is -0.366. The second-order valence-electron chi connectivity index (χ2n) is 5.48. The number of carbonyl (C=O) groups excluding carboxylic acids is 2. The van der Waals surface area contributed by atoms with Crippen molar-refractivity contribution in [1.29, 1.82) is 0 Å². The fourth-order valence-corrected chi connectivity index (χ4v) is 2.78. The summed E-state index contributed by atoms with van der Waals surface area (Å²) in [5, 5.41) is 10.1. The Balaban J connectivity index is 3.10. The van der Waals surface area contributed by atoms with Gasteiger partial charge in [0.15, 0.2) is 6.10 Å². The molecule has 0 fully saturated rings. The van der Waals surface area contributed by atoms with Gasteiger partial charge in [-0.05, 0) is 12.3 Å². The Morgan fingerprint density at radius 3 is 2.43 bits per heavy atom. The van der Waals surface area contributed by atoms with Crippen molar-refractivity contribution >= 4 is 40.8 Å². The number of carbonyl (C=O) groups is 2. The van der Waals surface area contributed by atoms with E-state index in [2.05, 4.69) is 4.99 Å². The van der Waals surface area contributed by atoms with E-state index in [0.717, 1.165) is 0 Å². The monoisotopic (exact) mass is 365 g/mol. The molecule has 6 nitrogen and oxygen atoms in total. The Labute approximate surface area is 145 Å². The molecular weight excluding hydrogens is 345 g/mol. The van der Waals surface area contributed by atoms with Gasteiger partial charge in [0.2, 0.25) is 11.7 Å². The van der Waals surface area contributed by atoms with E-state index in [1.54, 1.807) is 6.92 Å². The highest BCUT2D eigenvalue weighted by molar-refractivity contribution is 6.32. The summed E-state index contributed by atoms with van der Waals surface area (Å²) in [5.74, 6) is -2.11. The van der Waals surface area contributed by atoms with Crippen LogP contribution in [0.15, 0.2) is 16.3 Å². The van der Waals surface area contributed by atoms with Crippen LogP contribution in [0.5, 0.6) is 0 Å². The Morgan fingerprint density at radius 1 is 1.35 bits per heavy atom. The van der Waals surface area contributed by atoms with Gasteiger partial charge in [-0.15, -0.1) is 23.2 Å². The molecule has 1 aliphatic heterocycles. The van der Waals surface area contributed by atoms with Crippen LogP contribution in [0, 0.1) is 11.8 Å². The van der Waals surface area contributed by atoms with Gasteiger partial charge in [0.05, 0.1) is 7.11 Å². The van der Waals surface area contributed by atoms with Crippen LogP contribution in [0.25, 0.3) is 0 Å². The number of hydrogen-bond acceptors (Lipinski definition) is 5. The normalized spacial score (nSPS) is 24.8. The number of ketones is 1. The molecule has 0 saturated carbocycles. The Hall–Kier alpha value is -1.11. The van der Waals surface area contributed by atoms with E-state index in [9.17, 15) is 14.7 Å². The van der Waals surface area contributed by atoms with Crippen molar-refractivity contribution in [1.82, 2.24) is 0 Å². The number of methoxy groups -OCH3 is 2. The van der Waals surface area contributed by atoms with Gasteiger partial charge in [0.1, 0.15) is 11.3 Å². The first kappa shape index (κ1) is 19.9. The minimum absolute atomic E-state index is 0.00280. The summed E-state index contributed by atoms with van der Waals surface area (Å²) in [4.78, 5) is 28.1. The van der Waals surface area contributed by atoms with E-state index in [1.165, 1.54) is 14.2 Å². The molecule has 0 spiro atoms. The minimum atomic E-state index is -1.14. The lowest BCUT2D eigenvalue weighted by atomic mass is 9.89. The Morgan fingerprint density at radius 2 is 1.96 bits per heavy atom. The fourth-order valence-electron chi connectivity index (χ4n) is 2.38. The fraction of sp³-hybridized carbons (Fsp3) is 0.667. The van der Waals surface area contributed by atoms with Crippen LogP contribution in [0.4, 0.5) is 0 Å². The molecular formula is C15H21Cl2NO5. The number of rotatable bonds is 6. The number of hydrogen-bond donors (Lipinski definition) is 1. The van der Waals surface area contributed by atoms with Gasteiger partial charge >= 0.3 is 0 Å². The van der Waals surface area contributed by atoms with Gasteiger partial charge in [-0.25, -0.2) is 0 Å². The van der Waals surface area contributed by atoms with Gasteiger partial charge in [-0.2, -0.15) is 4.99 Å². The van der Waals surface area contributed by atoms with Crippen molar-refractivity contribution < 1.29 is 24.2 Å². The van der Waals surface area contributed by atoms with Crippen molar-refractivity contribution in [2.75, 3.05) is 20.1 Å². The summed E-state index contributed by atoms with van der Waals surface area (Å²) < 4.78 is 9.89. The molecule has 0 aliphatic carbocycles. The summed E-state index contributed by atoms with van der Waals surface area (Å²) in [6.45, 7) is 3.59. The van der Waals surface area contributed by atoms with Gasteiger partial charge in [0.25, 0.3) is 5.91 Å². The smallest absolute Gasteiger partial charge is 0.287 e. The van der Waals surface area contributed by atoms with Crippen LogP contribution in [-0.4, -0.2) is 54.3 Å². The zero-order valence-corrected chi connectivity index (χ0v) is 15.0. The molecule has 1 rings (SSSR count). The van der Waals surface area contributed by atoms with Gasteiger partial charge in [-0.1, -0.05) is 13.8 Å². The number of alkyl halides is 2. The molecule has 4 atom stereocenters. The Bertz CT molecular complexity index is 532. The molecule has 1 heterocycles. The van der Waals surface area contributed by atoms with Crippen molar-refractivity contribution in [3.63, 3.8) is 0 Å². The van der Waals surface area contributed by atoms with Crippen LogP contribution in [0.2, 0.25) is 0 Å². The van der Waals surface area contributed by atoms with Crippen LogP contribution in [0.3, 0.4) is 0 Å². The van der Waals surface area contributed by atoms with Gasteiger partial charge < -0.3 is 14.6 Å². The van der Waals surface area contributed by atoms with Crippen LogP contribution in [0.1, 0.15) is 20.3 Å². The van der Waals surface area contributed by atoms with Crippen LogP contribution in [-0.2, 0) is 19.1 Å². The third-order valence-corrected chi connectivity index (χ3v) is 4.87. The number of Topliss-reactive ketones (excluding diaryl/α,β-unsaturated/α-hetero) is 1. The van der Waals surface area contributed by atoms with Crippen LogP contribution >= 0.6 is 23.2 Å². The molecule has 1 amide bonds. The molecule has 0 radical (unpaired) electrons. The number of amides is 1. The van der Waals surface area contributed by atoms with E-state index < -0.39 is 23.7 Å². The SMILES string of the molecule is COC1=NC(=O)/C(=C(\O)C(C)CC(C)C(Cl)CCl)C(=O)C1OC. The maximum Gasteiger partial charge on any atom is 0.287 e. The highest BCUT2D eigenvalue weighted by atomic mass is 35.5. The molecule has 1 N–H and O–H groups in total. The van der Waals surface area contributed by atoms with E-state index in [-0.39, 0.29) is 34.4 Å². The predicted octanol–water partition coefficient (Wildman–Crippen LogP) is 2.48. The molecule has 0 aromatic rings. The third kappa shape index (κ3) is 4.46. The van der Waals surface area contributed by atoms with Crippen molar-refractivity contribution in [2.45, 2.75) is 31.7 Å². The zero-order valence-electron chi connectivity index (χ0n) is 13.5. The molecule has 4 unspecified atom stereocenters. The first-order chi connectivity index (χ1) is 10.8. The average Bonchev–Trinajstić information content (AvgIpc) is 2.52.